The second-order valence-corrected chi connectivity index (χ2v) is 7.34. The third-order valence-electron chi connectivity index (χ3n) is 5.45. The summed E-state index contributed by atoms with van der Waals surface area (Å²) >= 11 is 0. The van der Waals surface area contributed by atoms with Crippen molar-refractivity contribution in [1.29, 1.82) is 0 Å². The summed E-state index contributed by atoms with van der Waals surface area (Å²) in [6.45, 7) is 0. The van der Waals surface area contributed by atoms with E-state index >= 15 is 0 Å². The Morgan fingerprint density at radius 3 is 2.62 bits per heavy atom. The molecule has 0 aliphatic heterocycles. The summed E-state index contributed by atoms with van der Waals surface area (Å²) in [7, 11) is 1.57. The monoisotopic (exact) mass is 391 g/mol. The Morgan fingerprint density at radius 2 is 1.93 bits per heavy atom. The first-order valence-electron chi connectivity index (χ1n) is 9.93. The average molecular weight is 391 g/mol. The lowest BCUT2D eigenvalue weighted by Gasteiger charge is -2.30. The van der Waals surface area contributed by atoms with Gasteiger partial charge in [-0.2, -0.15) is 5.10 Å². The molecule has 1 amide bonds. The van der Waals surface area contributed by atoms with E-state index in [1.54, 1.807) is 25.7 Å². The summed E-state index contributed by atoms with van der Waals surface area (Å²) in [5, 5.41) is 7.68. The number of carbonyl (C=O) groups is 1. The van der Waals surface area contributed by atoms with E-state index in [2.05, 4.69) is 20.4 Å². The summed E-state index contributed by atoms with van der Waals surface area (Å²) in [5.74, 6) is -0.0776. The maximum Gasteiger partial charge on any atom is 0.253 e. The summed E-state index contributed by atoms with van der Waals surface area (Å²) in [6, 6.07) is 10.1. The first-order valence-corrected chi connectivity index (χ1v) is 9.93. The predicted octanol–water partition coefficient (Wildman–Crippen LogP) is 3.33. The van der Waals surface area contributed by atoms with Gasteiger partial charge in [0.2, 0.25) is 0 Å². The number of nitrogens with zero attached hydrogens (tertiary/aromatic N) is 4. The van der Waals surface area contributed by atoms with Gasteiger partial charge in [-0.25, -0.2) is 0 Å². The molecule has 1 saturated carbocycles. The van der Waals surface area contributed by atoms with Crippen LogP contribution in [0.4, 0.5) is 0 Å². The van der Waals surface area contributed by atoms with Crippen LogP contribution in [0.5, 0.6) is 0 Å². The van der Waals surface area contributed by atoms with Crippen LogP contribution >= 0.6 is 0 Å². The second-order valence-electron chi connectivity index (χ2n) is 7.34. The molecule has 2 aromatic heterocycles. The summed E-state index contributed by atoms with van der Waals surface area (Å²) in [5.41, 5.74) is 2.67. The summed E-state index contributed by atoms with van der Waals surface area (Å²) in [6.07, 6.45) is 12.2. The molecular formula is C22H25N5O2. The van der Waals surface area contributed by atoms with E-state index in [0.717, 1.165) is 42.5 Å². The quantitative estimate of drug-likeness (QED) is 0.697. The molecule has 1 fully saturated rings. The topological polar surface area (TPSA) is 81.9 Å². The third-order valence-corrected chi connectivity index (χ3v) is 5.45. The molecule has 1 aromatic carbocycles. The molecule has 1 unspecified atom stereocenters. The fraction of sp³-hybridized carbons (Fsp3) is 0.364. The second kappa shape index (κ2) is 8.96. The zero-order chi connectivity index (χ0) is 20.1. The largest absolute Gasteiger partial charge is 0.367 e. The predicted molar refractivity (Wildman–Crippen MR) is 109 cm³/mol. The molecule has 0 spiro atoms. The molecule has 29 heavy (non-hydrogen) atoms. The van der Waals surface area contributed by atoms with Crippen molar-refractivity contribution in [3.63, 3.8) is 0 Å². The SMILES string of the molecule is COC(C(=O)NC1CCC(n2cc(-c3cnccn3)cn2)CC1)c1ccccc1. The maximum atomic E-state index is 12.7. The third kappa shape index (κ3) is 4.51. The number of hydrogen-bond donors (Lipinski definition) is 1. The highest BCUT2D eigenvalue weighted by Gasteiger charge is 2.27. The molecule has 2 heterocycles. The standard InChI is InChI=1S/C22H25N5O2/c1-29-21(16-5-3-2-4-6-16)22(28)26-18-7-9-19(10-8-18)27-15-17(13-25-27)20-14-23-11-12-24-20/h2-6,11-15,18-19,21H,7-10H2,1H3,(H,26,28). The molecule has 0 saturated heterocycles. The van der Waals surface area contributed by atoms with Gasteiger partial charge < -0.3 is 10.1 Å². The lowest BCUT2D eigenvalue weighted by molar-refractivity contribution is -0.132. The number of benzene rings is 1. The Bertz CT molecular complexity index is 921. The highest BCUT2D eigenvalue weighted by molar-refractivity contribution is 5.82. The number of methoxy groups -OCH3 is 1. The van der Waals surface area contributed by atoms with Crippen molar-refractivity contribution < 1.29 is 9.53 Å². The molecule has 1 aliphatic rings. The van der Waals surface area contributed by atoms with E-state index in [0.29, 0.717) is 6.04 Å². The minimum atomic E-state index is -0.574. The van der Waals surface area contributed by atoms with Crippen molar-refractivity contribution in [1.82, 2.24) is 25.1 Å². The van der Waals surface area contributed by atoms with Crippen LogP contribution in [0.15, 0.2) is 61.3 Å². The van der Waals surface area contributed by atoms with Crippen LogP contribution < -0.4 is 5.32 Å². The van der Waals surface area contributed by atoms with Crippen molar-refractivity contribution in [3.05, 3.63) is 66.9 Å². The molecule has 7 heteroatoms. The zero-order valence-electron chi connectivity index (χ0n) is 16.4. The van der Waals surface area contributed by atoms with Gasteiger partial charge in [0.25, 0.3) is 5.91 Å². The Balaban J connectivity index is 1.33. The van der Waals surface area contributed by atoms with Crippen LogP contribution in [0.2, 0.25) is 0 Å². The van der Waals surface area contributed by atoms with Crippen molar-refractivity contribution in [2.45, 2.75) is 43.9 Å². The number of carbonyl (C=O) groups excluding carboxylic acids is 1. The van der Waals surface area contributed by atoms with Gasteiger partial charge in [0, 0.05) is 37.3 Å². The molecular weight excluding hydrogens is 366 g/mol. The van der Waals surface area contributed by atoms with E-state index in [4.69, 9.17) is 4.74 Å². The molecule has 150 valence electrons. The molecule has 1 aliphatic carbocycles. The van der Waals surface area contributed by atoms with Crippen molar-refractivity contribution in [2.24, 2.45) is 0 Å². The van der Waals surface area contributed by atoms with Gasteiger partial charge in [-0.1, -0.05) is 30.3 Å². The Kier molecular flexibility index (Phi) is 5.95. The van der Waals surface area contributed by atoms with Crippen molar-refractivity contribution in [2.75, 3.05) is 7.11 Å². The van der Waals surface area contributed by atoms with Gasteiger partial charge in [-0.3, -0.25) is 19.4 Å². The number of amides is 1. The molecule has 1 atom stereocenters. The number of hydrogen-bond acceptors (Lipinski definition) is 5. The molecule has 3 aromatic rings. The zero-order valence-corrected chi connectivity index (χ0v) is 16.4. The van der Waals surface area contributed by atoms with Gasteiger partial charge in [-0.05, 0) is 31.2 Å². The fourth-order valence-corrected chi connectivity index (χ4v) is 3.90. The number of nitrogens with one attached hydrogen (secondary N) is 1. The van der Waals surface area contributed by atoms with Crippen molar-refractivity contribution in [3.8, 4) is 11.3 Å². The smallest absolute Gasteiger partial charge is 0.253 e. The van der Waals surface area contributed by atoms with Crippen LogP contribution in [0.1, 0.15) is 43.4 Å². The molecule has 0 bridgehead atoms. The minimum Gasteiger partial charge on any atom is -0.367 e. The lowest BCUT2D eigenvalue weighted by Crippen LogP contribution is -2.41. The van der Waals surface area contributed by atoms with Crippen LogP contribution in [0.25, 0.3) is 11.3 Å². The number of ether oxygens (including phenoxy) is 1. The van der Waals surface area contributed by atoms with Gasteiger partial charge in [0.05, 0.1) is 24.1 Å². The van der Waals surface area contributed by atoms with Gasteiger partial charge in [-0.15, -0.1) is 0 Å². The normalized spacial score (nSPS) is 20.2. The first-order chi connectivity index (χ1) is 14.2. The lowest BCUT2D eigenvalue weighted by atomic mass is 9.91. The maximum absolute atomic E-state index is 12.7. The van der Waals surface area contributed by atoms with Gasteiger partial charge in [0.15, 0.2) is 6.10 Å². The Hall–Kier alpha value is -3.06. The van der Waals surface area contributed by atoms with Crippen LogP contribution in [-0.4, -0.2) is 38.8 Å². The molecule has 4 rings (SSSR count). The van der Waals surface area contributed by atoms with E-state index < -0.39 is 6.10 Å². The molecule has 0 radical (unpaired) electrons. The number of aromatic nitrogens is 4. The van der Waals surface area contributed by atoms with E-state index in [-0.39, 0.29) is 11.9 Å². The summed E-state index contributed by atoms with van der Waals surface area (Å²) in [4.78, 5) is 21.1. The van der Waals surface area contributed by atoms with Crippen LogP contribution in [-0.2, 0) is 9.53 Å². The van der Waals surface area contributed by atoms with Crippen LogP contribution in [0.3, 0.4) is 0 Å². The molecule has 7 nitrogen and oxygen atoms in total. The van der Waals surface area contributed by atoms with Gasteiger partial charge in [0.1, 0.15) is 0 Å². The molecule has 1 N–H and O–H groups in total. The fourth-order valence-electron chi connectivity index (χ4n) is 3.90. The first kappa shape index (κ1) is 19.3. The van der Waals surface area contributed by atoms with Crippen molar-refractivity contribution >= 4 is 5.91 Å². The van der Waals surface area contributed by atoms with Gasteiger partial charge >= 0.3 is 0 Å². The highest BCUT2D eigenvalue weighted by atomic mass is 16.5. The minimum absolute atomic E-state index is 0.0776. The van der Waals surface area contributed by atoms with Crippen LogP contribution in [0, 0.1) is 0 Å². The number of rotatable bonds is 6. The van der Waals surface area contributed by atoms with E-state index in [9.17, 15) is 4.79 Å². The highest BCUT2D eigenvalue weighted by Crippen LogP contribution is 2.30. The van der Waals surface area contributed by atoms with E-state index in [1.165, 1.54) is 0 Å². The van der Waals surface area contributed by atoms with E-state index in [1.807, 2.05) is 47.4 Å². The average Bonchev–Trinajstić information content (AvgIpc) is 3.26. The summed E-state index contributed by atoms with van der Waals surface area (Å²) < 4.78 is 7.46. The Morgan fingerprint density at radius 1 is 1.14 bits per heavy atom. The Labute approximate surface area is 170 Å².